The predicted octanol–water partition coefficient (Wildman–Crippen LogP) is 3.55. The number of hydrogen-bond acceptors (Lipinski definition) is 2. The molecule has 1 aromatic rings. The van der Waals surface area contributed by atoms with E-state index < -0.39 is 40.7 Å². The Morgan fingerprint density at radius 1 is 0.909 bits per heavy atom. The van der Waals surface area contributed by atoms with Gasteiger partial charge in [0.1, 0.15) is 0 Å². The van der Waals surface area contributed by atoms with Gasteiger partial charge in [-0.1, -0.05) is 13.3 Å². The first-order chi connectivity index (χ1) is 9.99. The smallest absolute Gasteiger partial charge is 0.200 e. The largest absolute Gasteiger partial charge is 0.314 e. The molecule has 1 atom stereocenters. The van der Waals surface area contributed by atoms with Gasteiger partial charge in [0, 0.05) is 37.8 Å². The van der Waals surface area contributed by atoms with Crippen LogP contribution in [0.15, 0.2) is 0 Å². The third-order valence-corrected chi connectivity index (χ3v) is 3.73. The maximum atomic E-state index is 14.0. The molecule has 1 aliphatic heterocycles. The highest BCUT2D eigenvalue weighted by molar-refractivity contribution is 5.85. The van der Waals surface area contributed by atoms with Crippen LogP contribution < -0.4 is 5.32 Å². The minimum Gasteiger partial charge on any atom is -0.314 e. The van der Waals surface area contributed by atoms with Gasteiger partial charge in [-0.05, 0) is 6.42 Å². The van der Waals surface area contributed by atoms with E-state index in [2.05, 4.69) is 5.32 Å². The van der Waals surface area contributed by atoms with Gasteiger partial charge in [0.05, 0.1) is 0 Å². The van der Waals surface area contributed by atoms with Crippen molar-refractivity contribution >= 4 is 12.4 Å². The summed E-state index contributed by atoms with van der Waals surface area (Å²) in [6.45, 7) is 4.06. The highest BCUT2D eigenvalue weighted by atomic mass is 35.5. The summed E-state index contributed by atoms with van der Waals surface area (Å²) in [4.78, 5) is 1.76. The van der Waals surface area contributed by atoms with Gasteiger partial charge in [-0.25, -0.2) is 22.0 Å². The molecular weight excluding hydrogens is 327 g/mol. The molecule has 1 saturated heterocycles. The molecule has 0 saturated carbocycles. The highest BCUT2D eigenvalue weighted by Crippen LogP contribution is 2.33. The van der Waals surface area contributed by atoms with Gasteiger partial charge in [0.15, 0.2) is 23.3 Å². The average Bonchev–Trinajstić information content (AvgIpc) is 2.51. The molecule has 1 aliphatic rings. The van der Waals surface area contributed by atoms with E-state index in [1.54, 1.807) is 11.8 Å². The second-order valence-corrected chi connectivity index (χ2v) is 5.07. The van der Waals surface area contributed by atoms with Crippen LogP contribution in [0.4, 0.5) is 22.0 Å². The average molecular weight is 345 g/mol. The fourth-order valence-electron chi connectivity index (χ4n) is 2.69. The summed E-state index contributed by atoms with van der Waals surface area (Å²) in [6, 6.07) is -0.804. The molecule has 0 radical (unpaired) electrons. The van der Waals surface area contributed by atoms with Gasteiger partial charge in [-0.2, -0.15) is 0 Å². The molecule has 1 heterocycles. The third-order valence-electron chi connectivity index (χ3n) is 3.73. The molecule has 1 aromatic carbocycles. The van der Waals surface area contributed by atoms with Crippen molar-refractivity contribution in [2.45, 2.75) is 25.8 Å². The van der Waals surface area contributed by atoms with Crippen molar-refractivity contribution in [1.29, 1.82) is 0 Å². The Kier molecular flexibility index (Phi) is 7.02. The van der Waals surface area contributed by atoms with Crippen LogP contribution in [-0.4, -0.2) is 31.1 Å². The lowest BCUT2D eigenvalue weighted by molar-refractivity contribution is 0.155. The molecule has 8 heteroatoms. The minimum absolute atomic E-state index is 0. The summed E-state index contributed by atoms with van der Waals surface area (Å²) in [6.07, 6.45) is 0.909. The van der Waals surface area contributed by atoms with Gasteiger partial charge >= 0.3 is 0 Å². The van der Waals surface area contributed by atoms with Gasteiger partial charge < -0.3 is 5.32 Å². The molecule has 22 heavy (non-hydrogen) atoms. The Labute approximate surface area is 132 Å². The van der Waals surface area contributed by atoms with Crippen molar-refractivity contribution in [2.24, 2.45) is 0 Å². The number of nitrogens with zero attached hydrogens (tertiary/aromatic N) is 1. The van der Waals surface area contributed by atoms with Crippen molar-refractivity contribution < 1.29 is 22.0 Å². The molecule has 126 valence electrons. The van der Waals surface area contributed by atoms with Gasteiger partial charge in [-0.15, -0.1) is 12.4 Å². The van der Waals surface area contributed by atoms with Crippen molar-refractivity contribution in [2.75, 3.05) is 26.2 Å². The molecule has 0 unspecified atom stereocenters. The van der Waals surface area contributed by atoms with E-state index in [1.165, 1.54) is 0 Å². The number of halogens is 6. The molecular formula is C14H18ClF5N2. The molecule has 2 nitrogen and oxygen atoms in total. The van der Waals surface area contributed by atoms with Crippen LogP contribution >= 0.6 is 12.4 Å². The van der Waals surface area contributed by atoms with E-state index in [1.807, 2.05) is 0 Å². The van der Waals surface area contributed by atoms with Crippen molar-refractivity contribution in [3.05, 3.63) is 34.6 Å². The van der Waals surface area contributed by atoms with Crippen LogP contribution in [-0.2, 0) is 0 Å². The second kappa shape index (κ2) is 8.08. The number of piperazine rings is 1. The van der Waals surface area contributed by atoms with Gasteiger partial charge in [0.2, 0.25) is 5.82 Å². The Balaban J connectivity index is 0.00000242. The quantitative estimate of drug-likeness (QED) is 0.510. The summed E-state index contributed by atoms with van der Waals surface area (Å²) < 4.78 is 67.8. The topological polar surface area (TPSA) is 15.3 Å². The third kappa shape index (κ3) is 3.52. The molecule has 2 rings (SSSR count). The summed E-state index contributed by atoms with van der Waals surface area (Å²) in [5, 5.41) is 3.09. The zero-order valence-corrected chi connectivity index (χ0v) is 12.9. The first-order valence-electron chi connectivity index (χ1n) is 6.95. The van der Waals surface area contributed by atoms with E-state index in [9.17, 15) is 22.0 Å². The van der Waals surface area contributed by atoms with Crippen LogP contribution in [0.2, 0.25) is 0 Å². The SMILES string of the molecule is CCC[C@@H](c1c(F)c(F)c(F)c(F)c1F)N1CCNCC1.Cl. The van der Waals surface area contributed by atoms with Crippen LogP contribution in [0.25, 0.3) is 0 Å². The molecule has 0 amide bonds. The second-order valence-electron chi connectivity index (χ2n) is 5.07. The Bertz CT molecular complexity index is 491. The molecule has 0 bridgehead atoms. The van der Waals surface area contributed by atoms with Crippen LogP contribution in [0.1, 0.15) is 31.4 Å². The Hall–Kier alpha value is -0.920. The van der Waals surface area contributed by atoms with Crippen LogP contribution in [0.5, 0.6) is 0 Å². The van der Waals surface area contributed by atoms with E-state index >= 15 is 0 Å². The number of nitrogens with one attached hydrogen (secondary N) is 1. The van der Waals surface area contributed by atoms with Gasteiger partial charge in [0.25, 0.3) is 0 Å². The number of rotatable bonds is 4. The zero-order valence-electron chi connectivity index (χ0n) is 12.1. The van der Waals surface area contributed by atoms with E-state index in [4.69, 9.17) is 0 Å². The highest BCUT2D eigenvalue weighted by Gasteiger charge is 2.33. The molecule has 0 aromatic heterocycles. The lowest BCUT2D eigenvalue weighted by Gasteiger charge is -2.35. The maximum Gasteiger partial charge on any atom is 0.200 e. The molecule has 1 fully saturated rings. The van der Waals surface area contributed by atoms with Crippen molar-refractivity contribution in [3.8, 4) is 0 Å². The lowest BCUT2D eigenvalue weighted by atomic mass is 9.98. The maximum absolute atomic E-state index is 14.0. The lowest BCUT2D eigenvalue weighted by Crippen LogP contribution is -2.45. The standard InChI is InChI=1S/C14H17F5N2.ClH/c1-2-3-8(21-6-4-20-5-7-21)9-10(15)12(17)14(19)13(18)11(9)16;/h8,20H,2-7H2,1H3;1H/t8-;/m0./s1. The molecule has 0 aliphatic carbocycles. The minimum atomic E-state index is -2.11. The summed E-state index contributed by atoms with van der Waals surface area (Å²) in [5.41, 5.74) is -0.713. The Morgan fingerprint density at radius 2 is 1.36 bits per heavy atom. The monoisotopic (exact) mass is 344 g/mol. The predicted molar refractivity (Wildman–Crippen MR) is 75.6 cm³/mol. The summed E-state index contributed by atoms with van der Waals surface area (Å²) >= 11 is 0. The van der Waals surface area contributed by atoms with E-state index in [0.29, 0.717) is 39.0 Å². The van der Waals surface area contributed by atoms with Gasteiger partial charge in [-0.3, -0.25) is 4.90 Å². The van der Waals surface area contributed by atoms with E-state index in [0.717, 1.165) is 0 Å². The fraction of sp³-hybridized carbons (Fsp3) is 0.571. The summed E-state index contributed by atoms with van der Waals surface area (Å²) in [7, 11) is 0. The van der Waals surface area contributed by atoms with Crippen LogP contribution in [0.3, 0.4) is 0 Å². The van der Waals surface area contributed by atoms with Crippen molar-refractivity contribution in [3.63, 3.8) is 0 Å². The zero-order chi connectivity index (χ0) is 15.6. The molecule has 0 spiro atoms. The fourth-order valence-corrected chi connectivity index (χ4v) is 2.69. The van der Waals surface area contributed by atoms with E-state index in [-0.39, 0.29) is 12.4 Å². The Morgan fingerprint density at radius 3 is 1.82 bits per heavy atom. The van der Waals surface area contributed by atoms with Crippen LogP contribution in [0, 0.1) is 29.1 Å². The number of hydrogen-bond donors (Lipinski definition) is 1. The first kappa shape index (κ1) is 19.1. The number of benzene rings is 1. The normalized spacial score (nSPS) is 17.2. The summed E-state index contributed by atoms with van der Waals surface area (Å²) in [5.74, 6) is -9.30. The van der Waals surface area contributed by atoms with Crippen molar-refractivity contribution in [1.82, 2.24) is 10.2 Å². The first-order valence-corrected chi connectivity index (χ1v) is 6.95. The molecule has 1 N–H and O–H groups in total.